The average Bonchev–Trinajstić information content (AvgIpc) is 2.48. The molecule has 1 N–H and O–H groups in total. The van der Waals surface area contributed by atoms with Gasteiger partial charge in [-0.2, -0.15) is 0 Å². The molecule has 0 saturated heterocycles. The monoisotopic (exact) mass is 296 g/mol. The predicted molar refractivity (Wildman–Crippen MR) is 87.0 cm³/mol. The van der Waals surface area contributed by atoms with E-state index in [1.807, 2.05) is 45.0 Å². The molecule has 3 rings (SSSR count). The normalized spacial score (nSPS) is 25.8. The van der Waals surface area contributed by atoms with Gasteiger partial charge in [-0.3, -0.25) is 4.79 Å². The van der Waals surface area contributed by atoms with Gasteiger partial charge < -0.3 is 9.84 Å². The van der Waals surface area contributed by atoms with Crippen LogP contribution in [0.3, 0.4) is 0 Å². The molecule has 3 nitrogen and oxygen atoms in total. The van der Waals surface area contributed by atoms with Gasteiger partial charge in [0.2, 0.25) is 0 Å². The van der Waals surface area contributed by atoms with E-state index in [0.717, 1.165) is 16.9 Å². The highest BCUT2D eigenvalue weighted by Gasteiger charge is 2.50. The van der Waals surface area contributed by atoms with Crippen molar-refractivity contribution in [3.8, 4) is 5.75 Å². The third kappa shape index (κ3) is 1.65. The smallest absolute Gasteiger partial charge is 0.165 e. The molecule has 0 radical (unpaired) electrons. The van der Waals surface area contributed by atoms with Gasteiger partial charge in [0, 0.05) is 11.0 Å². The molecule has 2 aliphatic carbocycles. The molecule has 1 atom stereocenters. The van der Waals surface area contributed by atoms with Crippen LogP contribution in [0.2, 0.25) is 0 Å². The number of carbonyl (C=O) groups excluding carboxylic acids is 1. The maximum Gasteiger partial charge on any atom is 0.165 e. The van der Waals surface area contributed by atoms with Crippen molar-refractivity contribution in [3.63, 3.8) is 0 Å². The minimum absolute atomic E-state index is 0.00864. The molecule has 0 aromatic heterocycles. The lowest BCUT2D eigenvalue weighted by Crippen LogP contribution is -2.43. The number of fused-ring (bicyclic) bond motifs is 3. The van der Waals surface area contributed by atoms with Crippen LogP contribution in [-0.4, -0.2) is 18.0 Å². The highest BCUT2D eigenvalue weighted by atomic mass is 16.5. The molecule has 0 saturated carbocycles. The van der Waals surface area contributed by atoms with Crippen LogP contribution < -0.4 is 4.74 Å². The molecule has 0 spiro atoms. The molecule has 1 aromatic carbocycles. The standard InChI is InChI=1S/C19H20O3/c1-11-13-7-6-12(22-5)10-14(13)19(4)9-8-15(20)18(2,3)17(19)16(11)21/h6-10,21H,1H2,2-5H3/t19-/m0/s1. The molecule has 114 valence electrons. The first kappa shape index (κ1) is 14.6. The summed E-state index contributed by atoms with van der Waals surface area (Å²) in [6.45, 7) is 9.74. The zero-order chi connectivity index (χ0) is 16.3. The molecular weight excluding hydrogens is 276 g/mol. The highest BCUT2D eigenvalue weighted by Crippen LogP contribution is 2.54. The Morgan fingerprint density at radius 1 is 1.23 bits per heavy atom. The summed E-state index contributed by atoms with van der Waals surface area (Å²) in [5.74, 6) is 0.866. The van der Waals surface area contributed by atoms with Crippen molar-refractivity contribution < 1.29 is 14.6 Å². The van der Waals surface area contributed by atoms with Crippen LogP contribution in [0.4, 0.5) is 0 Å². The van der Waals surface area contributed by atoms with Crippen molar-refractivity contribution in [2.75, 3.05) is 7.11 Å². The lowest BCUT2D eigenvalue weighted by molar-refractivity contribution is -0.121. The average molecular weight is 296 g/mol. The van der Waals surface area contributed by atoms with E-state index in [-0.39, 0.29) is 11.5 Å². The van der Waals surface area contributed by atoms with Crippen LogP contribution in [0.15, 0.2) is 48.3 Å². The maximum absolute atomic E-state index is 12.3. The number of carbonyl (C=O) groups is 1. The molecular formula is C19H20O3. The molecule has 22 heavy (non-hydrogen) atoms. The highest BCUT2D eigenvalue weighted by molar-refractivity contribution is 6.01. The summed E-state index contributed by atoms with van der Waals surface area (Å²) in [6.07, 6.45) is 3.49. The Kier molecular flexibility index (Phi) is 2.90. The van der Waals surface area contributed by atoms with Crippen LogP contribution in [0, 0.1) is 5.41 Å². The minimum Gasteiger partial charge on any atom is -0.507 e. The fourth-order valence-electron chi connectivity index (χ4n) is 3.69. The SMILES string of the molecule is C=C1C(O)=C2C(C)(C)C(=O)C=C[C@@]2(C)c2cc(OC)ccc21. The molecule has 0 bridgehead atoms. The third-order valence-electron chi connectivity index (χ3n) is 4.96. The zero-order valence-corrected chi connectivity index (χ0v) is 13.4. The van der Waals surface area contributed by atoms with Gasteiger partial charge in [-0.15, -0.1) is 0 Å². The third-order valence-corrected chi connectivity index (χ3v) is 4.96. The maximum atomic E-state index is 12.3. The summed E-state index contributed by atoms with van der Waals surface area (Å²) >= 11 is 0. The van der Waals surface area contributed by atoms with Gasteiger partial charge in [0.25, 0.3) is 0 Å². The number of hydrogen-bond acceptors (Lipinski definition) is 3. The topological polar surface area (TPSA) is 46.5 Å². The van der Waals surface area contributed by atoms with E-state index >= 15 is 0 Å². The van der Waals surface area contributed by atoms with Crippen molar-refractivity contribution in [2.45, 2.75) is 26.2 Å². The summed E-state index contributed by atoms with van der Waals surface area (Å²) in [4.78, 5) is 12.3. The van der Waals surface area contributed by atoms with Crippen molar-refractivity contribution in [1.82, 2.24) is 0 Å². The van der Waals surface area contributed by atoms with Gasteiger partial charge in [0.1, 0.15) is 11.5 Å². The van der Waals surface area contributed by atoms with E-state index in [9.17, 15) is 9.90 Å². The van der Waals surface area contributed by atoms with Crippen molar-refractivity contribution in [1.29, 1.82) is 0 Å². The Morgan fingerprint density at radius 2 is 1.91 bits per heavy atom. The second kappa shape index (κ2) is 4.35. The van der Waals surface area contributed by atoms with E-state index in [1.165, 1.54) is 0 Å². The lowest BCUT2D eigenvalue weighted by atomic mass is 9.57. The van der Waals surface area contributed by atoms with Crippen LogP contribution in [-0.2, 0) is 10.2 Å². The number of allylic oxidation sites excluding steroid dienone is 4. The Labute approximate surface area is 130 Å². The van der Waals surface area contributed by atoms with Crippen LogP contribution in [0.1, 0.15) is 31.9 Å². The van der Waals surface area contributed by atoms with E-state index in [4.69, 9.17) is 4.74 Å². The summed E-state index contributed by atoms with van der Waals surface area (Å²) in [7, 11) is 1.63. The molecule has 0 aliphatic heterocycles. The quantitative estimate of drug-likeness (QED) is 0.853. The lowest BCUT2D eigenvalue weighted by Gasteiger charge is -2.45. The summed E-state index contributed by atoms with van der Waals surface area (Å²) in [5, 5.41) is 10.7. The van der Waals surface area contributed by atoms with E-state index in [0.29, 0.717) is 11.1 Å². The van der Waals surface area contributed by atoms with E-state index in [2.05, 4.69) is 6.58 Å². The first-order valence-corrected chi connectivity index (χ1v) is 7.29. The van der Waals surface area contributed by atoms with Crippen molar-refractivity contribution in [2.24, 2.45) is 5.41 Å². The Balaban J connectivity index is 2.39. The minimum atomic E-state index is -0.767. The van der Waals surface area contributed by atoms with Gasteiger partial charge >= 0.3 is 0 Å². The number of methoxy groups -OCH3 is 1. The largest absolute Gasteiger partial charge is 0.507 e. The van der Waals surface area contributed by atoms with Gasteiger partial charge in [0.05, 0.1) is 12.5 Å². The number of ketones is 1. The van der Waals surface area contributed by atoms with Crippen LogP contribution in [0.5, 0.6) is 5.75 Å². The zero-order valence-electron chi connectivity index (χ0n) is 13.4. The number of rotatable bonds is 1. The second-order valence-electron chi connectivity index (χ2n) is 6.64. The second-order valence-corrected chi connectivity index (χ2v) is 6.64. The van der Waals surface area contributed by atoms with Crippen molar-refractivity contribution >= 4 is 11.4 Å². The fraction of sp³-hybridized carbons (Fsp3) is 0.316. The van der Waals surface area contributed by atoms with E-state index in [1.54, 1.807) is 13.2 Å². The number of hydrogen-bond donors (Lipinski definition) is 1. The number of aliphatic hydroxyl groups excluding tert-OH is 1. The number of benzene rings is 1. The predicted octanol–water partition coefficient (Wildman–Crippen LogP) is 3.96. The van der Waals surface area contributed by atoms with E-state index < -0.39 is 10.8 Å². The molecule has 0 amide bonds. The first-order valence-electron chi connectivity index (χ1n) is 7.29. The van der Waals surface area contributed by atoms with Gasteiger partial charge in [0.15, 0.2) is 5.78 Å². The summed E-state index contributed by atoms with van der Waals surface area (Å²) in [5.41, 5.74) is 1.84. The van der Waals surface area contributed by atoms with Crippen molar-refractivity contribution in [3.05, 3.63) is 59.4 Å². The Morgan fingerprint density at radius 3 is 2.55 bits per heavy atom. The first-order chi connectivity index (χ1) is 10.2. The number of aliphatic hydroxyl groups is 1. The fourth-order valence-corrected chi connectivity index (χ4v) is 3.69. The molecule has 0 heterocycles. The number of ether oxygens (including phenoxy) is 1. The van der Waals surface area contributed by atoms with Gasteiger partial charge in [-0.25, -0.2) is 0 Å². The van der Waals surface area contributed by atoms with Crippen LogP contribution >= 0.6 is 0 Å². The molecule has 0 unspecified atom stereocenters. The molecule has 3 heteroatoms. The summed E-state index contributed by atoms with van der Waals surface area (Å²) < 4.78 is 5.34. The Bertz CT molecular complexity index is 765. The summed E-state index contributed by atoms with van der Waals surface area (Å²) in [6, 6.07) is 5.73. The molecule has 0 fully saturated rings. The molecule has 1 aromatic rings. The van der Waals surface area contributed by atoms with Crippen LogP contribution in [0.25, 0.3) is 5.57 Å². The Hall–Kier alpha value is -2.29. The molecule has 2 aliphatic rings. The van der Waals surface area contributed by atoms with Gasteiger partial charge in [-0.1, -0.05) is 18.7 Å². The van der Waals surface area contributed by atoms with Gasteiger partial charge in [-0.05, 0) is 55.7 Å².